The summed E-state index contributed by atoms with van der Waals surface area (Å²) < 4.78 is 30.9. The first kappa shape index (κ1) is 37.8. The van der Waals surface area contributed by atoms with Crippen molar-refractivity contribution in [2.45, 2.75) is 91.1 Å². The van der Waals surface area contributed by atoms with Gasteiger partial charge in [-0.15, -0.1) is 0 Å². The lowest BCUT2D eigenvalue weighted by Gasteiger charge is -2.45. The number of nitrogens with zero attached hydrogens (tertiary/aromatic N) is 1. The van der Waals surface area contributed by atoms with Crippen LogP contribution in [0.4, 0.5) is 10.1 Å². The Hall–Kier alpha value is -3.98. The van der Waals surface area contributed by atoms with Crippen LogP contribution in [-0.4, -0.2) is 42.0 Å². The molecule has 0 bridgehead atoms. The minimum absolute atomic E-state index is 0.0645. The first-order chi connectivity index (χ1) is 23.2. The van der Waals surface area contributed by atoms with Crippen molar-refractivity contribution in [3.8, 4) is 0 Å². The summed E-state index contributed by atoms with van der Waals surface area (Å²) >= 11 is 0. The standard InChI is InChI=1S/C22H31BO3.C19H20FNO2/c1-17(19(3)24-16-20-12-10-8-9-11-13-20)14-15-18(2)23-25-21(4,5)22(6,7)26-23;1-13-17(19(23)21(13)16-5-3-2-4-6-16)11-12-18(22)14-7-9-15(20)10-8-14/h8-12,14-15H,2,13,16H2,1,3-7H3;2-10,13,17-18,22H,11-12H2,1H3/b15-14-,19-17+;. The van der Waals surface area contributed by atoms with Gasteiger partial charge in [0.25, 0.3) is 0 Å². The first-order valence-corrected chi connectivity index (χ1v) is 17.1. The molecule has 3 unspecified atom stereocenters. The van der Waals surface area contributed by atoms with Gasteiger partial charge < -0.3 is 24.1 Å². The lowest BCUT2D eigenvalue weighted by Crippen LogP contribution is -2.59. The minimum atomic E-state index is -0.665. The van der Waals surface area contributed by atoms with Crippen molar-refractivity contribution < 1.29 is 28.3 Å². The smallest absolute Gasteiger partial charge is 0.494 e. The summed E-state index contributed by atoms with van der Waals surface area (Å²) in [5.41, 5.74) is 4.01. The highest BCUT2D eigenvalue weighted by molar-refractivity contribution is 6.55. The van der Waals surface area contributed by atoms with Crippen molar-refractivity contribution in [2.24, 2.45) is 5.92 Å². The predicted molar refractivity (Wildman–Crippen MR) is 197 cm³/mol. The highest BCUT2D eigenvalue weighted by atomic mass is 19.1. The molecule has 2 aromatic carbocycles. The van der Waals surface area contributed by atoms with E-state index in [4.69, 9.17) is 14.0 Å². The van der Waals surface area contributed by atoms with Crippen LogP contribution in [0.5, 0.6) is 0 Å². The maximum Gasteiger partial charge on any atom is 0.494 e. The van der Waals surface area contributed by atoms with E-state index in [1.807, 2.05) is 103 Å². The molecule has 3 atom stereocenters. The maximum absolute atomic E-state index is 12.9. The molecule has 2 fully saturated rings. The normalized spacial score (nSPS) is 22.1. The molecular formula is C41H51BFNO5. The topological polar surface area (TPSA) is 68.2 Å². The quantitative estimate of drug-likeness (QED) is 0.112. The van der Waals surface area contributed by atoms with E-state index < -0.39 is 13.2 Å². The summed E-state index contributed by atoms with van der Waals surface area (Å²) in [5.74, 6) is 0.628. The Balaban J connectivity index is 0.000000222. The molecule has 5 rings (SSSR count). The third-order valence-corrected chi connectivity index (χ3v) is 9.79. The number of aliphatic hydroxyl groups is 1. The molecule has 49 heavy (non-hydrogen) atoms. The summed E-state index contributed by atoms with van der Waals surface area (Å²) in [7, 11) is -0.417. The second kappa shape index (κ2) is 16.6. The Morgan fingerprint density at radius 2 is 1.69 bits per heavy atom. The largest absolute Gasteiger partial charge is 0.494 e. The molecule has 2 aromatic rings. The van der Waals surface area contributed by atoms with E-state index in [0.717, 1.165) is 28.9 Å². The fourth-order valence-electron chi connectivity index (χ4n) is 5.65. The summed E-state index contributed by atoms with van der Waals surface area (Å²) in [5, 5.41) is 10.2. The van der Waals surface area contributed by atoms with Crippen LogP contribution in [0, 0.1) is 11.7 Å². The Morgan fingerprint density at radius 3 is 2.33 bits per heavy atom. The maximum atomic E-state index is 12.9. The molecule has 8 heteroatoms. The molecule has 1 amide bonds. The average Bonchev–Trinajstić information content (AvgIpc) is 3.22. The fourth-order valence-corrected chi connectivity index (χ4v) is 5.65. The van der Waals surface area contributed by atoms with E-state index in [0.29, 0.717) is 25.0 Å². The zero-order valence-electron chi connectivity index (χ0n) is 30.0. The third-order valence-electron chi connectivity index (χ3n) is 9.79. The molecule has 2 saturated heterocycles. The Kier molecular flexibility index (Phi) is 12.8. The monoisotopic (exact) mass is 667 g/mol. The number of β-lactam (4-membered cyclic amide) rings is 1. The Morgan fingerprint density at radius 1 is 1.04 bits per heavy atom. The van der Waals surface area contributed by atoms with E-state index in [1.54, 1.807) is 17.0 Å². The van der Waals surface area contributed by atoms with Crippen LogP contribution in [-0.2, 0) is 18.8 Å². The molecule has 0 aromatic heterocycles. The van der Waals surface area contributed by atoms with E-state index in [2.05, 4.69) is 24.8 Å². The van der Waals surface area contributed by atoms with Gasteiger partial charge in [0.2, 0.25) is 5.91 Å². The molecule has 0 saturated carbocycles. The molecule has 1 aliphatic carbocycles. The number of hydrogen-bond donors (Lipinski definition) is 1. The van der Waals surface area contributed by atoms with Crippen molar-refractivity contribution in [2.75, 3.05) is 11.5 Å². The Bertz CT molecular complexity index is 1590. The number of halogens is 1. The van der Waals surface area contributed by atoms with Crippen LogP contribution in [0.3, 0.4) is 0 Å². The molecule has 6 nitrogen and oxygen atoms in total. The second-order valence-corrected chi connectivity index (χ2v) is 13.9. The summed E-state index contributed by atoms with van der Waals surface area (Å²) in [4.78, 5) is 14.2. The van der Waals surface area contributed by atoms with Gasteiger partial charge in [-0.25, -0.2) is 4.39 Å². The highest BCUT2D eigenvalue weighted by Gasteiger charge is 2.51. The van der Waals surface area contributed by atoms with Crippen LogP contribution in [0.2, 0.25) is 0 Å². The van der Waals surface area contributed by atoms with E-state index in [1.165, 1.54) is 17.7 Å². The van der Waals surface area contributed by atoms with Gasteiger partial charge in [0.1, 0.15) is 12.4 Å². The zero-order chi connectivity index (χ0) is 35.8. The number of amides is 1. The second-order valence-electron chi connectivity index (χ2n) is 13.9. The van der Waals surface area contributed by atoms with Crippen LogP contribution in [0.25, 0.3) is 0 Å². The number of benzene rings is 2. The molecule has 3 aliphatic rings. The van der Waals surface area contributed by atoms with Crippen LogP contribution in [0.1, 0.15) is 79.4 Å². The van der Waals surface area contributed by atoms with Crippen molar-refractivity contribution in [1.29, 1.82) is 0 Å². The SMILES string of the molecule is C=C(/C=C\C(C)=C(/C)OCC1=CC=CC=CC1)B1OC(C)(C)C(C)(C)O1.CC1C(CCC(O)c2ccc(F)cc2)C(=O)N1c1ccccc1. The number of carbonyl (C=O) groups is 1. The molecule has 0 radical (unpaired) electrons. The van der Waals surface area contributed by atoms with Gasteiger partial charge in [0, 0.05) is 11.7 Å². The lowest BCUT2D eigenvalue weighted by atomic mass is 9.79. The van der Waals surface area contributed by atoms with Gasteiger partial charge in [-0.2, -0.15) is 0 Å². The highest BCUT2D eigenvalue weighted by Crippen LogP contribution is 2.39. The van der Waals surface area contributed by atoms with Crippen LogP contribution in [0.15, 0.2) is 126 Å². The first-order valence-electron chi connectivity index (χ1n) is 17.1. The van der Waals surface area contributed by atoms with Gasteiger partial charge in [0.05, 0.1) is 29.0 Å². The lowest BCUT2D eigenvalue weighted by molar-refractivity contribution is -0.130. The third kappa shape index (κ3) is 9.81. The summed E-state index contributed by atoms with van der Waals surface area (Å²) in [6.45, 7) is 18.9. The van der Waals surface area contributed by atoms with Crippen molar-refractivity contribution in [3.63, 3.8) is 0 Å². The molecule has 260 valence electrons. The van der Waals surface area contributed by atoms with Gasteiger partial charge in [-0.1, -0.05) is 79.4 Å². The van der Waals surface area contributed by atoms with Crippen LogP contribution < -0.4 is 4.90 Å². The van der Waals surface area contributed by atoms with Crippen molar-refractivity contribution in [3.05, 3.63) is 137 Å². The number of allylic oxidation sites excluding steroid dienone is 10. The van der Waals surface area contributed by atoms with Crippen molar-refractivity contribution >= 4 is 18.7 Å². The van der Waals surface area contributed by atoms with E-state index in [-0.39, 0.29) is 34.9 Å². The van der Waals surface area contributed by atoms with Gasteiger partial charge in [0.15, 0.2) is 0 Å². The van der Waals surface area contributed by atoms with Crippen molar-refractivity contribution in [1.82, 2.24) is 0 Å². The number of aliphatic hydroxyl groups excluding tert-OH is 1. The van der Waals surface area contributed by atoms with Gasteiger partial charge >= 0.3 is 7.12 Å². The fraction of sp³-hybridized carbons (Fsp3) is 0.390. The molecule has 1 N–H and O–H groups in total. The minimum Gasteiger partial charge on any atom is -0.494 e. The summed E-state index contributed by atoms with van der Waals surface area (Å²) in [6.07, 6.45) is 15.7. The number of carbonyl (C=O) groups excluding carboxylic acids is 1. The number of hydrogen-bond acceptors (Lipinski definition) is 5. The molecular weight excluding hydrogens is 616 g/mol. The molecule has 2 heterocycles. The molecule has 2 aliphatic heterocycles. The summed E-state index contributed by atoms with van der Waals surface area (Å²) in [6, 6.07) is 15.6. The molecule has 0 spiro atoms. The van der Waals surface area contributed by atoms with E-state index in [9.17, 15) is 14.3 Å². The zero-order valence-corrected chi connectivity index (χ0v) is 30.0. The number of ether oxygens (including phenoxy) is 1. The number of para-hydroxylation sites is 1. The van der Waals surface area contributed by atoms with Gasteiger partial charge in [-0.3, -0.25) is 4.79 Å². The predicted octanol–water partition coefficient (Wildman–Crippen LogP) is 9.17. The van der Waals surface area contributed by atoms with E-state index >= 15 is 0 Å². The average molecular weight is 668 g/mol. The van der Waals surface area contributed by atoms with Gasteiger partial charge in [-0.05, 0) is 114 Å². The Labute approximate surface area is 292 Å². The van der Waals surface area contributed by atoms with Crippen LogP contribution >= 0.6 is 0 Å². The number of rotatable bonds is 11. The number of anilines is 1.